The number of nitrogens with zero attached hydrogens (tertiary/aromatic N) is 2. The molecule has 0 atom stereocenters. The first-order valence-electron chi connectivity index (χ1n) is 10.9. The summed E-state index contributed by atoms with van der Waals surface area (Å²) >= 11 is 0. The maximum absolute atomic E-state index is 9.93. The van der Waals surface area contributed by atoms with Crippen molar-refractivity contribution in [3.63, 3.8) is 0 Å². The summed E-state index contributed by atoms with van der Waals surface area (Å²) < 4.78 is 2.27. The van der Waals surface area contributed by atoms with Gasteiger partial charge in [-0.05, 0) is 65.8 Å². The van der Waals surface area contributed by atoms with E-state index in [4.69, 9.17) is 0 Å². The van der Waals surface area contributed by atoms with Crippen LogP contribution in [-0.2, 0) is 17.9 Å². The van der Waals surface area contributed by atoms with E-state index in [1.54, 1.807) is 0 Å². The van der Waals surface area contributed by atoms with Crippen LogP contribution in [0.2, 0.25) is 0 Å². The highest BCUT2D eigenvalue weighted by atomic mass is 14.9. The molecule has 4 aromatic rings. The lowest BCUT2D eigenvalue weighted by atomic mass is 9.79. The molecule has 0 saturated heterocycles. The lowest BCUT2D eigenvalue weighted by Gasteiger charge is -2.24. The third kappa shape index (κ3) is 3.39. The van der Waals surface area contributed by atoms with Crippen LogP contribution in [0.1, 0.15) is 51.3 Å². The minimum atomic E-state index is -0.583. The molecular weight excluding hydrogens is 376 g/mol. The van der Waals surface area contributed by atoms with Crippen molar-refractivity contribution in [1.29, 1.82) is 5.26 Å². The summed E-state index contributed by atoms with van der Waals surface area (Å²) in [6, 6.07) is 24.2. The number of aromatic nitrogens is 1. The Balaban J connectivity index is 2.17. The van der Waals surface area contributed by atoms with E-state index in [-0.39, 0.29) is 5.41 Å². The van der Waals surface area contributed by atoms with Crippen LogP contribution in [0.15, 0.2) is 60.7 Å². The van der Waals surface area contributed by atoms with Gasteiger partial charge in [0.25, 0.3) is 0 Å². The molecule has 0 amide bonds. The molecule has 0 N–H and O–H groups in total. The normalized spacial score (nSPS) is 12.3. The molecule has 1 aromatic heterocycles. The van der Waals surface area contributed by atoms with Gasteiger partial charge in [0.1, 0.15) is 7.05 Å². The van der Waals surface area contributed by atoms with Crippen LogP contribution in [0.5, 0.6) is 0 Å². The summed E-state index contributed by atoms with van der Waals surface area (Å²) in [7, 11) is 2.13. The number of para-hydroxylation sites is 1. The average Bonchev–Trinajstić information content (AvgIpc) is 2.74. The predicted octanol–water partition coefficient (Wildman–Crippen LogP) is 6.89. The Morgan fingerprint density at radius 3 is 1.97 bits per heavy atom. The zero-order valence-corrected chi connectivity index (χ0v) is 19.7. The molecule has 0 bridgehead atoms. The molecule has 2 heteroatoms. The summed E-state index contributed by atoms with van der Waals surface area (Å²) in [4.78, 5) is 0. The molecule has 0 aliphatic rings. The van der Waals surface area contributed by atoms with Gasteiger partial charge in [-0.25, -0.2) is 0 Å². The molecule has 0 fully saturated rings. The van der Waals surface area contributed by atoms with Crippen molar-refractivity contribution in [2.24, 2.45) is 7.05 Å². The monoisotopic (exact) mass is 407 g/mol. The Bertz CT molecular complexity index is 1360. The number of rotatable bonds is 2. The Morgan fingerprint density at radius 2 is 1.35 bits per heavy atom. The van der Waals surface area contributed by atoms with E-state index in [0.29, 0.717) is 0 Å². The van der Waals surface area contributed by atoms with Gasteiger partial charge in [-0.3, -0.25) is 0 Å². The molecule has 0 unspecified atom stereocenters. The minimum Gasteiger partial charge on any atom is -0.197 e. The van der Waals surface area contributed by atoms with Crippen LogP contribution in [0.4, 0.5) is 0 Å². The third-order valence-electron chi connectivity index (χ3n) is 6.55. The summed E-state index contributed by atoms with van der Waals surface area (Å²) in [6.45, 7) is 13.1. The number of benzene rings is 3. The van der Waals surface area contributed by atoms with Crippen molar-refractivity contribution in [3.05, 3.63) is 77.4 Å². The number of pyridine rings is 1. The summed E-state index contributed by atoms with van der Waals surface area (Å²) in [5.74, 6) is 0. The first kappa shape index (κ1) is 21.1. The lowest BCUT2D eigenvalue weighted by Crippen LogP contribution is -2.34. The smallest absolute Gasteiger partial charge is 0.197 e. The van der Waals surface area contributed by atoms with E-state index >= 15 is 0 Å². The van der Waals surface area contributed by atoms with Crippen molar-refractivity contribution in [3.8, 4) is 17.3 Å². The van der Waals surface area contributed by atoms with Crippen LogP contribution in [0.3, 0.4) is 0 Å². The van der Waals surface area contributed by atoms with E-state index in [1.165, 1.54) is 27.5 Å². The van der Waals surface area contributed by atoms with Gasteiger partial charge in [0.15, 0.2) is 0 Å². The van der Waals surface area contributed by atoms with Crippen molar-refractivity contribution in [2.75, 3.05) is 0 Å². The molecule has 3 aromatic carbocycles. The van der Waals surface area contributed by atoms with Crippen LogP contribution >= 0.6 is 0 Å². The molecule has 2 nitrogen and oxygen atoms in total. The van der Waals surface area contributed by atoms with Gasteiger partial charge in [-0.1, -0.05) is 57.2 Å². The second kappa shape index (κ2) is 7.20. The fraction of sp³-hybridized carbons (Fsp3) is 0.310. The molecule has 31 heavy (non-hydrogen) atoms. The molecule has 0 saturated carbocycles. The van der Waals surface area contributed by atoms with E-state index in [1.807, 2.05) is 13.8 Å². The Labute approximate surface area is 185 Å². The molecule has 0 aliphatic heterocycles. The maximum atomic E-state index is 9.93. The standard InChI is InChI=1S/C29H31N2/c1-19-20-12-8-9-13-21(20)24(28(2,3)4)16-23(19)27-17-25(29(5,6)18-30)22-14-10-11-15-26(22)31(27)7/h8-17H,1-7H3/q+1. The minimum absolute atomic E-state index is 0.0201. The van der Waals surface area contributed by atoms with Crippen LogP contribution < -0.4 is 4.57 Å². The number of hydrogen-bond donors (Lipinski definition) is 0. The van der Waals surface area contributed by atoms with Crippen molar-refractivity contribution >= 4 is 21.7 Å². The van der Waals surface area contributed by atoms with Crippen LogP contribution in [0, 0.1) is 18.3 Å². The van der Waals surface area contributed by atoms with Crippen LogP contribution in [-0.4, -0.2) is 0 Å². The van der Waals surface area contributed by atoms with Crippen molar-refractivity contribution in [1.82, 2.24) is 0 Å². The number of fused-ring (bicyclic) bond motifs is 2. The summed E-state index contributed by atoms with van der Waals surface area (Å²) in [6.07, 6.45) is 0. The van der Waals surface area contributed by atoms with Gasteiger partial charge in [0.2, 0.25) is 11.2 Å². The van der Waals surface area contributed by atoms with Crippen LogP contribution in [0.25, 0.3) is 32.9 Å². The van der Waals surface area contributed by atoms with Crippen molar-refractivity contribution < 1.29 is 4.57 Å². The summed E-state index contributed by atoms with van der Waals surface area (Å²) in [5.41, 5.74) is 6.64. The second-order valence-corrected chi connectivity index (χ2v) is 10.1. The molecule has 0 spiro atoms. The molecule has 0 aliphatic carbocycles. The molecule has 156 valence electrons. The van der Waals surface area contributed by atoms with Gasteiger partial charge >= 0.3 is 0 Å². The Kier molecular flexibility index (Phi) is 4.90. The van der Waals surface area contributed by atoms with E-state index in [0.717, 1.165) is 22.2 Å². The Morgan fingerprint density at radius 1 is 0.774 bits per heavy atom. The lowest BCUT2D eigenvalue weighted by molar-refractivity contribution is -0.633. The van der Waals surface area contributed by atoms with E-state index in [2.05, 4.69) is 106 Å². The van der Waals surface area contributed by atoms with E-state index in [9.17, 15) is 5.26 Å². The van der Waals surface area contributed by atoms with Gasteiger partial charge in [-0.2, -0.15) is 9.83 Å². The van der Waals surface area contributed by atoms with Gasteiger partial charge in [0.05, 0.1) is 16.9 Å². The number of nitriles is 1. The molecule has 1 heterocycles. The maximum Gasteiger partial charge on any atom is 0.213 e. The second-order valence-electron chi connectivity index (χ2n) is 10.1. The number of hydrogen-bond acceptors (Lipinski definition) is 1. The van der Waals surface area contributed by atoms with Gasteiger partial charge < -0.3 is 0 Å². The largest absolute Gasteiger partial charge is 0.213 e. The van der Waals surface area contributed by atoms with Gasteiger partial charge in [-0.15, -0.1) is 0 Å². The van der Waals surface area contributed by atoms with E-state index < -0.39 is 5.41 Å². The highest BCUT2D eigenvalue weighted by molar-refractivity contribution is 5.95. The Hall–Kier alpha value is -3.18. The summed E-state index contributed by atoms with van der Waals surface area (Å²) in [5, 5.41) is 13.7. The predicted molar refractivity (Wildman–Crippen MR) is 130 cm³/mol. The first-order chi connectivity index (χ1) is 14.6. The highest BCUT2D eigenvalue weighted by Crippen LogP contribution is 2.39. The SMILES string of the molecule is Cc1c(-c2cc(C(C)(C)C#N)c3ccccc3[n+]2C)cc(C(C)(C)C)c2ccccc12. The highest BCUT2D eigenvalue weighted by Gasteiger charge is 2.29. The first-order valence-corrected chi connectivity index (χ1v) is 10.9. The fourth-order valence-corrected chi connectivity index (χ4v) is 4.68. The molecule has 0 radical (unpaired) electrons. The third-order valence-corrected chi connectivity index (χ3v) is 6.55. The molecule has 4 rings (SSSR count). The van der Waals surface area contributed by atoms with Crippen molar-refractivity contribution in [2.45, 2.75) is 52.4 Å². The number of aryl methyl sites for hydroxylation is 2. The zero-order valence-electron chi connectivity index (χ0n) is 19.7. The molecular formula is C29H31N2+. The van der Waals surface area contributed by atoms with Gasteiger partial charge in [0, 0.05) is 17.7 Å². The zero-order chi connectivity index (χ0) is 22.6. The average molecular weight is 408 g/mol. The topological polar surface area (TPSA) is 27.7 Å². The quantitative estimate of drug-likeness (QED) is 0.332. The fourth-order valence-electron chi connectivity index (χ4n) is 4.68.